The van der Waals surface area contributed by atoms with Crippen LogP contribution in [-0.4, -0.2) is 4.98 Å². The average Bonchev–Trinajstić information content (AvgIpc) is 2.25. The zero-order valence-corrected chi connectivity index (χ0v) is 9.86. The Kier molecular flexibility index (Phi) is 3.45. The van der Waals surface area contributed by atoms with E-state index < -0.39 is 28.5 Å². The predicted octanol–water partition coefficient (Wildman–Crippen LogP) is 4.70. The molecule has 0 N–H and O–H groups in total. The molecule has 0 unspecified atom stereocenters. The van der Waals surface area contributed by atoms with Crippen molar-refractivity contribution in [3.63, 3.8) is 0 Å². The molecule has 2 rings (SSSR count). The Bertz CT molecular complexity index is 604. The van der Waals surface area contributed by atoms with Crippen molar-refractivity contribution < 1.29 is 22.0 Å². The zero-order chi connectivity index (χ0) is 14.2. The summed E-state index contributed by atoms with van der Waals surface area (Å²) in [7, 11) is 0. The SMILES string of the molecule is Fc1cc(F)cc(-c2cc(C(F)(F)F)cc(Cl)n2)c1. The largest absolute Gasteiger partial charge is 0.416 e. The summed E-state index contributed by atoms with van der Waals surface area (Å²) < 4.78 is 63.8. The molecule has 2 aromatic rings. The van der Waals surface area contributed by atoms with Crippen molar-refractivity contribution >= 4 is 11.6 Å². The molecule has 0 bridgehead atoms. The number of halogens is 6. The van der Waals surface area contributed by atoms with Crippen LogP contribution in [0.25, 0.3) is 11.3 Å². The van der Waals surface area contributed by atoms with Gasteiger partial charge in [-0.3, -0.25) is 0 Å². The maximum absolute atomic E-state index is 13.0. The van der Waals surface area contributed by atoms with E-state index in [9.17, 15) is 22.0 Å². The van der Waals surface area contributed by atoms with Gasteiger partial charge in [0.2, 0.25) is 0 Å². The topological polar surface area (TPSA) is 12.9 Å². The standard InChI is InChI=1S/C12H5ClF5N/c13-11-4-7(12(16,17)18)3-10(19-11)6-1-8(14)5-9(15)2-6/h1-5H. The molecule has 0 aliphatic rings. The van der Waals surface area contributed by atoms with Gasteiger partial charge in [-0.1, -0.05) is 11.6 Å². The second-order valence-corrected chi connectivity index (χ2v) is 4.11. The summed E-state index contributed by atoms with van der Waals surface area (Å²) in [6.07, 6.45) is -4.62. The molecule has 0 aliphatic heterocycles. The third kappa shape index (κ3) is 3.20. The molecule has 1 aromatic heterocycles. The third-order valence-electron chi connectivity index (χ3n) is 2.28. The first-order valence-electron chi connectivity index (χ1n) is 4.97. The van der Waals surface area contributed by atoms with Crippen molar-refractivity contribution in [1.82, 2.24) is 4.98 Å². The highest BCUT2D eigenvalue weighted by molar-refractivity contribution is 6.29. The number of aromatic nitrogens is 1. The highest BCUT2D eigenvalue weighted by Gasteiger charge is 2.31. The van der Waals surface area contributed by atoms with Crippen molar-refractivity contribution in [2.75, 3.05) is 0 Å². The van der Waals surface area contributed by atoms with Crippen LogP contribution >= 0.6 is 11.6 Å². The Hall–Kier alpha value is -1.69. The smallest absolute Gasteiger partial charge is 0.236 e. The Morgan fingerprint density at radius 1 is 0.895 bits per heavy atom. The van der Waals surface area contributed by atoms with Crippen LogP contribution < -0.4 is 0 Å². The van der Waals surface area contributed by atoms with E-state index in [1.165, 1.54) is 0 Å². The van der Waals surface area contributed by atoms with E-state index in [2.05, 4.69) is 4.98 Å². The minimum atomic E-state index is -4.62. The fraction of sp³-hybridized carbons (Fsp3) is 0.0833. The second-order valence-electron chi connectivity index (χ2n) is 3.72. The van der Waals surface area contributed by atoms with Crippen LogP contribution in [0, 0.1) is 11.6 Å². The number of nitrogens with zero attached hydrogens (tertiary/aromatic N) is 1. The van der Waals surface area contributed by atoms with E-state index in [1.54, 1.807) is 0 Å². The molecule has 0 spiro atoms. The van der Waals surface area contributed by atoms with Crippen LogP contribution in [0.3, 0.4) is 0 Å². The van der Waals surface area contributed by atoms with Gasteiger partial charge in [-0.05, 0) is 24.3 Å². The van der Waals surface area contributed by atoms with E-state index in [0.29, 0.717) is 18.2 Å². The van der Waals surface area contributed by atoms with Gasteiger partial charge >= 0.3 is 6.18 Å². The molecule has 0 fully saturated rings. The summed E-state index contributed by atoms with van der Waals surface area (Å²) in [5, 5.41) is -0.408. The minimum Gasteiger partial charge on any atom is -0.236 e. The van der Waals surface area contributed by atoms with Gasteiger partial charge in [0.05, 0.1) is 11.3 Å². The van der Waals surface area contributed by atoms with Crippen LogP contribution in [-0.2, 0) is 6.18 Å². The Morgan fingerprint density at radius 3 is 2.00 bits per heavy atom. The summed E-state index contributed by atoms with van der Waals surface area (Å²) in [6, 6.07) is 3.68. The first-order valence-corrected chi connectivity index (χ1v) is 5.35. The van der Waals surface area contributed by atoms with Crippen molar-refractivity contribution in [3.8, 4) is 11.3 Å². The lowest BCUT2D eigenvalue weighted by atomic mass is 10.1. The molecule has 0 saturated carbocycles. The van der Waals surface area contributed by atoms with E-state index in [0.717, 1.165) is 12.1 Å². The fourth-order valence-electron chi connectivity index (χ4n) is 1.51. The van der Waals surface area contributed by atoms with Gasteiger partial charge in [-0.15, -0.1) is 0 Å². The van der Waals surface area contributed by atoms with Crippen LogP contribution in [0.4, 0.5) is 22.0 Å². The van der Waals surface area contributed by atoms with E-state index in [-0.39, 0.29) is 11.3 Å². The van der Waals surface area contributed by atoms with Gasteiger partial charge < -0.3 is 0 Å². The number of alkyl halides is 3. The number of hydrogen-bond acceptors (Lipinski definition) is 1. The fourth-order valence-corrected chi connectivity index (χ4v) is 1.72. The van der Waals surface area contributed by atoms with Crippen molar-refractivity contribution in [2.45, 2.75) is 6.18 Å². The summed E-state index contributed by atoms with van der Waals surface area (Å²) in [4.78, 5) is 3.63. The summed E-state index contributed by atoms with van der Waals surface area (Å²) in [6.45, 7) is 0. The van der Waals surface area contributed by atoms with Crippen molar-refractivity contribution in [2.24, 2.45) is 0 Å². The first-order chi connectivity index (χ1) is 8.75. The Balaban J connectivity index is 2.59. The van der Waals surface area contributed by atoms with Gasteiger partial charge in [0.15, 0.2) is 0 Å². The predicted molar refractivity (Wildman–Crippen MR) is 59.6 cm³/mol. The molecule has 19 heavy (non-hydrogen) atoms. The average molecular weight is 294 g/mol. The lowest BCUT2D eigenvalue weighted by molar-refractivity contribution is -0.137. The highest BCUT2D eigenvalue weighted by atomic mass is 35.5. The number of pyridine rings is 1. The molecule has 1 nitrogen and oxygen atoms in total. The highest BCUT2D eigenvalue weighted by Crippen LogP contribution is 2.33. The van der Waals surface area contributed by atoms with Crippen molar-refractivity contribution in [3.05, 3.63) is 52.7 Å². The molecule has 100 valence electrons. The normalized spacial score (nSPS) is 11.7. The van der Waals surface area contributed by atoms with Crippen LogP contribution in [0.5, 0.6) is 0 Å². The van der Waals surface area contributed by atoms with E-state index >= 15 is 0 Å². The number of benzene rings is 1. The number of hydrogen-bond donors (Lipinski definition) is 0. The second kappa shape index (κ2) is 4.77. The maximum Gasteiger partial charge on any atom is 0.416 e. The monoisotopic (exact) mass is 293 g/mol. The van der Waals surface area contributed by atoms with Crippen LogP contribution in [0.2, 0.25) is 5.15 Å². The molecule has 0 aliphatic carbocycles. The van der Waals surface area contributed by atoms with Gasteiger partial charge in [-0.25, -0.2) is 13.8 Å². The Labute approximate surface area is 109 Å². The lowest BCUT2D eigenvalue weighted by Crippen LogP contribution is -2.06. The molecule has 1 heterocycles. The molecule has 0 atom stereocenters. The molecular weight excluding hydrogens is 289 g/mol. The zero-order valence-electron chi connectivity index (χ0n) is 9.10. The molecule has 7 heteroatoms. The summed E-state index contributed by atoms with van der Waals surface area (Å²) >= 11 is 5.49. The van der Waals surface area contributed by atoms with Gasteiger partial charge in [0.1, 0.15) is 16.8 Å². The van der Waals surface area contributed by atoms with Crippen LogP contribution in [0.1, 0.15) is 5.56 Å². The van der Waals surface area contributed by atoms with Gasteiger partial charge in [0.25, 0.3) is 0 Å². The third-order valence-corrected chi connectivity index (χ3v) is 2.47. The van der Waals surface area contributed by atoms with Gasteiger partial charge in [-0.2, -0.15) is 13.2 Å². The number of rotatable bonds is 1. The summed E-state index contributed by atoms with van der Waals surface area (Å²) in [5.41, 5.74) is -1.41. The first kappa shape index (κ1) is 13.7. The summed E-state index contributed by atoms with van der Waals surface area (Å²) in [5.74, 6) is -1.82. The van der Waals surface area contributed by atoms with E-state index in [4.69, 9.17) is 11.6 Å². The van der Waals surface area contributed by atoms with Crippen LogP contribution in [0.15, 0.2) is 30.3 Å². The molecule has 0 radical (unpaired) electrons. The molecular formula is C12H5ClF5N. The Morgan fingerprint density at radius 2 is 1.47 bits per heavy atom. The van der Waals surface area contributed by atoms with Gasteiger partial charge in [0, 0.05) is 11.6 Å². The molecule has 0 saturated heterocycles. The quantitative estimate of drug-likeness (QED) is 0.548. The minimum absolute atomic E-state index is 0.120. The molecule has 0 amide bonds. The van der Waals surface area contributed by atoms with Crippen molar-refractivity contribution in [1.29, 1.82) is 0 Å². The lowest BCUT2D eigenvalue weighted by Gasteiger charge is -2.09. The van der Waals surface area contributed by atoms with E-state index in [1.807, 2.05) is 0 Å². The molecule has 1 aromatic carbocycles. The maximum atomic E-state index is 13.0.